The van der Waals surface area contributed by atoms with E-state index in [2.05, 4.69) is 30.2 Å². The van der Waals surface area contributed by atoms with Crippen molar-refractivity contribution in [1.82, 2.24) is 15.1 Å². The number of aryl methyl sites for hydroxylation is 1. The van der Waals surface area contributed by atoms with Gasteiger partial charge in [-0.3, -0.25) is 4.68 Å². The molecule has 0 aliphatic rings. The quantitative estimate of drug-likeness (QED) is 0.573. The van der Waals surface area contributed by atoms with Crippen LogP contribution in [0.4, 0.5) is 0 Å². The second-order valence-electron chi connectivity index (χ2n) is 3.68. The molecule has 0 aliphatic carbocycles. The number of hydrogen-bond acceptors (Lipinski definition) is 2. The Kier molecular flexibility index (Phi) is 3.73. The Bertz CT molecular complexity index is 331. The lowest BCUT2D eigenvalue weighted by Crippen LogP contribution is -2.14. The second-order valence-corrected chi connectivity index (χ2v) is 3.68. The monoisotopic (exact) mass is 191 g/mol. The molecule has 0 aromatic carbocycles. The van der Waals surface area contributed by atoms with Crippen molar-refractivity contribution in [3.05, 3.63) is 17.5 Å². The summed E-state index contributed by atoms with van der Waals surface area (Å²) in [5.41, 5.74) is 2.38. The Labute approximate surface area is 85.5 Å². The Morgan fingerprint density at radius 1 is 1.64 bits per heavy atom. The molecule has 76 valence electrons. The fraction of sp³-hybridized carbons (Fsp3) is 0.545. The Balaban J connectivity index is 2.70. The predicted octanol–water partition coefficient (Wildman–Crippen LogP) is 1.27. The van der Waals surface area contributed by atoms with Gasteiger partial charge >= 0.3 is 0 Å². The van der Waals surface area contributed by atoms with E-state index >= 15 is 0 Å². The standard InChI is InChI=1S/C11H17N3/c1-5-6-12-7-10-8-14(4)13-11(10)9(2)3/h1,8-9,12H,6-7H2,2-4H3. The molecule has 0 unspecified atom stereocenters. The minimum absolute atomic E-state index is 0.457. The third kappa shape index (κ3) is 2.61. The Morgan fingerprint density at radius 3 is 2.93 bits per heavy atom. The van der Waals surface area contributed by atoms with Gasteiger partial charge < -0.3 is 5.32 Å². The molecule has 0 fully saturated rings. The SMILES string of the molecule is C#CCNCc1cn(C)nc1C(C)C. The molecule has 0 aliphatic heterocycles. The third-order valence-corrected chi connectivity index (χ3v) is 2.03. The molecule has 1 N–H and O–H groups in total. The average molecular weight is 191 g/mol. The van der Waals surface area contributed by atoms with Crippen molar-refractivity contribution in [3.8, 4) is 12.3 Å². The van der Waals surface area contributed by atoms with Crippen LogP contribution >= 0.6 is 0 Å². The zero-order chi connectivity index (χ0) is 10.6. The summed E-state index contributed by atoms with van der Waals surface area (Å²) < 4.78 is 1.85. The van der Waals surface area contributed by atoms with E-state index in [4.69, 9.17) is 6.42 Å². The lowest BCUT2D eigenvalue weighted by atomic mass is 10.1. The third-order valence-electron chi connectivity index (χ3n) is 2.03. The molecule has 1 heterocycles. The lowest BCUT2D eigenvalue weighted by molar-refractivity contribution is 0.707. The first-order valence-corrected chi connectivity index (χ1v) is 4.81. The van der Waals surface area contributed by atoms with Gasteiger partial charge in [0, 0.05) is 25.4 Å². The van der Waals surface area contributed by atoms with E-state index < -0.39 is 0 Å². The molecule has 1 aromatic rings. The van der Waals surface area contributed by atoms with Crippen LogP contribution in [-0.4, -0.2) is 16.3 Å². The van der Waals surface area contributed by atoms with Crippen LogP contribution in [0.5, 0.6) is 0 Å². The minimum Gasteiger partial charge on any atom is -0.302 e. The number of nitrogens with zero attached hydrogens (tertiary/aromatic N) is 2. The molecule has 0 saturated carbocycles. The number of hydrogen-bond donors (Lipinski definition) is 1. The molecule has 0 amide bonds. The van der Waals surface area contributed by atoms with Crippen molar-refractivity contribution in [2.45, 2.75) is 26.3 Å². The largest absolute Gasteiger partial charge is 0.302 e. The molecule has 3 heteroatoms. The molecule has 0 saturated heterocycles. The Hall–Kier alpha value is -1.27. The minimum atomic E-state index is 0.457. The number of rotatable bonds is 4. The van der Waals surface area contributed by atoms with Crippen molar-refractivity contribution in [2.24, 2.45) is 7.05 Å². The number of aromatic nitrogens is 2. The van der Waals surface area contributed by atoms with E-state index in [9.17, 15) is 0 Å². The summed E-state index contributed by atoms with van der Waals surface area (Å²) >= 11 is 0. The van der Waals surface area contributed by atoms with Crippen LogP contribution < -0.4 is 5.32 Å². The highest BCUT2D eigenvalue weighted by Gasteiger charge is 2.10. The van der Waals surface area contributed by atoms with E-state index in [0.29, 0.717) is 12.5 Å². The second kappa shape index (κ2) is 4.83. The summed E-state index contributed by atoms with van der Waals surface area (Å²) in [6.45, 7) is 5.69. The van der Waals surface area contributed by atoms with Crippen molar-refractivity contribution in [1.29, 1.82) is 0 Å². The fourth-order valence-electron chi connectivity index (χ4n) is 1.45. The van der Waals surface area contributed by atoms with Gasteiger partial charge in [-0.2, -0.15) is 5.10 Å². The topological polar surface area (TPSA) is 29.9 Å². The van der Waals surface area contributed by atoms with Crippen molar-refractivity contribution >= 4 is 0 Å². The van der Waals surface area contributed by atoms with Gasteiger partial charge in [-0.25, -0.2) is 0 Å². The fourth-order valence-corrected chi connectivity index (χ4v) is 1.45. The molecule has 1 rings (SSSR count). The van der Waals surface area contributed by atoms with E-state index in [-0.39, 0.29) is 0 Å². The molecular formula is C11H17N3. The van der Waals surface area contributed by atoms with Crippen molar-refractivity contribution in [2.75, 3.05) is 6.54 Å². The summed E-state index contributed by atoms with van der Waals surface area (Å²) in [7, 11) is 1.94. The first-order valence-electron chi connectivity index (χ1n) is 4.81. The van der Waals surface area contributed by atoms with E-state index in [1.54, 1.807) is 0 Å². The van der Waals surface area contributed by atoms with Crippen molar-refractivity contribution < 1.29 is 0 Å². The van der Waals surface area contributed by atoms with Gasteiger partial charge in [-0.05, 0) is 5.92 Å². The van der Waals surface area contributed by atoms with E-state index in [1.807, 2.05) is 17.9 Å². The average Bonchev–Trinajstić information content (AvgIpc) is 2.47. The summed E-state index contributed by atoms with van der Waals surface area (Å²) in [5, 5.41) is 7.58. The molecule has 0 radical (unpaired) electrons. The maximum absolute atomic E-state index is 5.16. The van der Waals surface area contributed by atoms with Gasteiger partial charge in [-0.15, -0.1) is 6.42 Å². The van der Waals surface area contributed by atoms with Crippen LogP contribution in [0.15, 0.2) is 6.20 Å². The van der Waals surface area contributed by atoms with Crippen LogP contribution in [0.2, 0.25) is 0 Å². The van der Waals surface area contributed by atoms with Crippen LogP contribution in [0.1, 0.15) is 31.0 Å². The molecule has 0 bridgehead atoms. The zero-order valence-corrected chi connectivity index (χ0v) is 9.04. The van der Waals surface area contributed by atoms with Crippen molar-refractivity contribution in [3.63, 3.8) is 0 Å². The summed E-state index contributed by atoms with van der Waals surface area (Å²) in [6, 6.07) is 0. The molecule has 0 atom stereocenters. The van der Waals surface area contributed by atoms with Crippen LogP contribution in [0.3, 0.4) is 0 Å². The highest BCUT2D eigenvalue weighted by Crippen LogP contribution is 2.16. The normalized spacial score (nSPS) is 10.5. The first kappa shape index (κ1) is 10.8. The van der Waals surface area contributed by atoms with Gasteiger partial charge in [0.15, 0.2) is 0 Å². The van der Waals surface area contributed by atoms with Crippen LogP contribution in [-0.2, 0) is 13.6 Å². The maximum atomic E-state index is 5.16. The molecule has 0 spiro atoms. The van der Waals surface area contributed by atoms with Gasteiger partial charge in [0.25, 0.3) is 0 Å². The summed E-state index contributed by atoms with van der Waals surface area (Å²) in [5.74, 6) is 3.01. The van der Waals surface area contributed by atoms with Gasteiger partial charge in [-0.1, -0.05) is 19.8 Å². The maximum Gasteiger partial charge on any atom is 0.0694 e. The van der Waals surface area contributed by atoms with Gasteiger partial charge in [0.2, 0.25) is 0 Å². The molecule has 1 aromatic heterocycles. The van der Waals surface area contributed by atoms with Crippen LogP contribution in [0, 0.1) is 12.3 Å². The first-order chi connectivity index (χ1) is 6.65. The molecule has 3 nitrogen and oxygen atoms in total. The zero-order valence-electron chi connectivity index (χ0n) is 9.04. The van der Waals surface area contributed by atoms with Gasteiger partial charge in [0.1, 0.15) is 0 Å². The van der Waals surface area contributed by atoms with Gasteiger partial charge in [0.05, 0.1) is 12.2 Å². The lowest BCUT2D eigenvalue weighted by Gasteiger charge is -2.04. The predicted molar refractivity (Wildman–Crippen MR) is 57.8 cm³/mol. The number of terminal acetylenes is 1. The summed E-state index contributed by atoms with van der Waals surface area (Å²) in [6.07, 6.45) is 7.20. The molecular weight excluding hydrogens is 174 g/mol. The molecule has 14 heavy (non-hydrogen) atoms. The highest BCUT2D eigenvalue weighted by atomic mass is 15.3. The highest BCUT2D eigenvalue weighted by molar-refractivity contribution is 5.20. The Morgan fingerprint density at radius 2 is 2.36 bits per heavy atom. The smallest absolute Gasteiger partial charge is 0.0694 e. The van der Waals surface area contributed by atoms with E-state index in [0.717, 1.165) is 12.2 Å². The van der Waals surface area contributed by atoms with Crippen LogP contribution in [0.25, 0.3) is 0 Å². The number of nitrogens with one attached hydrogen (secondary N) is 1. The summed E-state index contributed by atoms with van der Waals surface area (Å²) in [4.78, 5) is 0. The van der Waals surface area contributed by atoms with E-state index in [1.165, 1.54) is 5.56 Å².